The first-order valence-electron chi connectivity index (χ1n) is 6.13. The number of ether oxygens (including phenoxy) is 2. The molecule has 0 aliphatic carbocycles. The molecule has 0 amide bonds. The molecule has 2 aromatic carbocycles. The monoisotopic (exact) mass is 269 g/mol. The molecule has 0 unspecified atom stereocenters. The molecule has 0 atom stereocenters. The van der Waals surface area contributed by atoms with E-state index in [-0.39, 0.29) is 6.61 Å². The largest absolute Gasteiger partial charge is 0.497 e. The van der Waals surface area contributed by atoms with Crippen molar-refractivity contribution in [3.8, 4) is 23.3 Å². The van der Waals surface area contributed by atoms with Gasteiger partial charge in [0.05, 0.1) is 25.3 Å². The van der Waals surface area contributed by atoms with Crippen molar-refractivity contribution in [1.29, 1.82) is 5.26 Å². The van der Waals surface area contributed by atoms with Crippen molar-refractivity contribution >= 4 is 0 Å². The Morgan fingerprint density at radius 2 is 1.90 bits per heavy atom. The summed E-state index contributed by atoms with van der Waals surface area (Å²) < 4.78 is 10.9. The van der Waals surface area contributed by atoms with Crippen LogP contribution in [0.1, 0.15) is 16.7 Å². The zero-order chi connectivity index (χ0) is 14.5. The van der Waals surface area contributed by atoms with E-state index in [1.165, 1.54) is 0 Å². The molecule has 4 heteroatoms. The van der Waals surface area contributed by atoms with Crippen molar-refractivity contribution in [3.05, 3.63) is 53.1 Å². The van der Waals surface area contributed by atoms with Gasteiger partial charge in [-0.25, -0.2) is 0 Å². The lowest BCUT2D eigenvalue weighted by molar-refractivity contribution is 0.281. The third-order valence-electron chi connectivity index (χ3n) is 2.89. The van der Waals surface area contributed by atoms with Crippen molar-refractivity contribution in [3.63, 3.8) is 0 Å². The second-order valence-corrected chi connectivity index (χ2v) is 4.37. The molecule has 0 aliphatic rings. The van der Waals surface area contributed by atoms with Gasteiger partial charge >= 0.3 is 0 Å². The Morgan fingerprint density at radius 1 is 1.15 bits per heavy atom. The molecule has 102 valence electrons. The van der Waals surface area contributed by atoms with Gasteiger partial charge in [-0.3, -0.25) is 0 Å². The van der Waals surface area contributed by atoms with Crippen LogP contribution in [0.25, 0.3) is 0 Å². The van der Waals surface area contributed by atoms with Gasteiger partial charge in [-0.1, -0.05) is 12.1 Å². The van der Waals surface area contributed by atoms with Crippen molar-refractivity contribution in [2.75, 3.05) is 7.11 Å². The Labute approximate surface area is 117 Å². The number of hydrogen-bond donors (Lipinski definition) is 1. The van der Waals surface area contributed by atoms with Crippen LogP contribution >= 0.6 is 0 Å². The SMILES string of the molecule is COc1cc(C#N)cc(Oc2ccc(CO)cc2C)c1. The highest BCUT2D eigenvalue weighted by Gasteiger charge is 2.06. The smallest absolute Gasteiger partial charge is 0.132 e. The van der Waals surface area contributed by atoms with Crippen LogP contribution in [-0.2, 0) is 6.61 Å². The highest BCUT2D eigenvalue weighted by molar-refractivity contribution is 5.46. The summed E-state index contributed by atoms with van der Waals surface area (Å²) in [4.78, 5) is 0. The fraction of sp³-hybridized carbons (Fsp3) is 0.188. The lowest BCUT2D eigenvalue weighted by Crippen LogP contribution is -1.92. The number of aliphatic hydroxyl groups is 1. The van der Waals surface area contributed by atoms with E-state index >= 15 is 0 Å². The number of methoxy groups -OCH3 is 1. The number of benzene rings is 2. The van der Waals surface area contributed by atoms with Crippen LogP contribution in [0.5, 0.6) is 17.2 Å². The molecule has 2 aromatic rings. The maximum Gasteiger partial charge on any atom is 0.132 e. The first kappa shape index (κ1) is 13.9. The van der Waals surface area contributed by atoms with Crippen molar-refractivity contribution in [1.82, 2.24) is 0 Å². The molecule has 2 rings (SSSR count). The molecule has 4 nitrogen and oxygen atoms in total. The predicted molar refractivity (Wildman–Crippen MR) is 74.9 cm³/mol. The Morgan fingerprint density at radius 3 is 2.50 bits per heavy atom. The van der Waals surface area contributed by atoms with Crippen LogP contribution in [-0.4, -0.2) is 12.2 Å². The van der Waals surface area contributed by atoms with Gasteiger partial charge in [-0.15, -0.1) is 0 Å². The molecule has 0 spiro atoms. The Bertz CT molecular complexity index is 659. The zero-order valence-electron chi connectivity index (χ0n) is 11.4. The molecule has 0 saturated heterocycles. The third-order valence-corrected chi connectivity index (χ3v) is 2.89. The maximum atomic E-state index is 9.09. The summed E-state index contributed by atoms with van der Waals surface area (Å²) in [5, 5.41) is 18.1. The number of aliphatic hydroxyl groups excluding tert-OH is 1. The van der Waals surface area contributed by atoms with Crippen LogP contribution in [0.4, 0.5) is 0 Å². The van der Waals surface area contributed by atoms with E-state index in [1.807, 2.05) is 13.0 Å². The lowest BCUT2D eigenvalue weighted by atomic mass is 10.1. The summed E-state index contributed by atoms with van der Waals surface area (Å²) in [6.07, 6.45) is 0. The molecule has 0 radical (unpaired) electrons. The topological polar surface area (TPSA) is 62.5 Å². The first-order chi connectivity index (χ1) is 9.66. The normalized spacial score (nSPS) is 9.90. The van der Waals surface area contributed by atoms with Gasteiger partial charge < -0.3 is 14.6 Å². The molecular formula is C16H15NO3. The quantitative estimate of drug-likeness (QED) is 0.926. The van der Waals surface area contributed by atoms with E-state index in [1.54, 1.807) is 37.4 Å². The van der Waals surface area contributed by atoms with Crippen molar-refractivity contribution in [2.24, 2.45) is 0 Å². The fourth-order valence-electron chi connectivity index (χ4n) is 1.86. The molecule has 0 bridgehead atoms. The fourth-order valence-corrected chi connectivity index (χ4v) is 1.86. The summed E-state index contributed by atoms with van der Waals surface area (Å²) >= 11 is 0. The summed E-state index contributed by atoms with van der Waals surface area (Å²) in [6, 6.07) is 12.6. The minimum absolute atomic E-state index is 0.00113. The number of rotatable bonds is 4. The van der Waals surface area contributed by atoms with Gasteiger partial charge in [0, 0.05) is 6.07 Å². The minimum atomic E-state index is -0.00113. The zero-order valence-corrected chi connectivity index (χ0v) is 11.4. The second kappa shape index (κ2) is 6.09. The third kappa shape index (κ3) is 3.08. The predicted octanol–water partition coefficient (Wildman–Crippen LogP) is 3.16. The molecule has 0 saturated carbocycles. The summed E-state index contributed by atoms with van der Waals surface area (Å²) in [6.45, 7) is 1.90. The lowest BCUT2D eigenvalue weighted by Gasteiger charge is -2.11. The average Bonchev–Trinajstić information content (AvgIpc) is 2.48. The Balaban J connectivity index is 2.32. The molecule has 20 heavy (non-hydrogen) atoms. The van der Waals surface area contributed by atoms with Gasteiger partial charge in [-0.05, 0) is 36.2 Å². The van der Waals surface area contributed by atoms with E-state index in [0.29, 0.717) is 22.8 Å². The van der Waals surface area contributed by atoms with E-state index in [4.69, 9.17) is 19.8 Å². The van der Waals surface area contributed by atoms with E-state index in [2.05, 4.69) is 6.07 Å². The Kier molecular flexibility index (Phi) is 4.24. The van der Waals surface area contributed by atoms with Crippen molar-refractivity contribution in [2.45, 2.75) is 13.5 Å². The number of nitrogens with zero attached hydrogens (tertiary/aromatic N) is 1. The van der Waals surface area contributed by atoms with Gasteiger partial charge in [0.25, 0.3) is 0 Å². The van der Waals surface area contributed by atoms with E-state index in [0.717, 1.165) is 11.1 Å². The van der Waals surface area contributed by atoms with Gasteiger partial charge in [-0.2, -0.15) is 5.26 Å². The molecule has 0 fully saturated rings. The number of hydrogen-bond acceptors (Lipinski definition) is 4. The second-order valence-electron chi connectivity index (χ2n) is 4.37. The van der Waals surface area contributed by atoms with E-state index in [9.17, 15) is 0 Å². The highest BCUT2D eigenvalue weighted by atomic mass is 16.5. The molecular weight excluding hydrogens is 254 g/mol. The standard InChI is InChI=1S/C16H15NO3/c1-11-5-12(10-18)3-4-16(11)20-15-7-13(9-17)6-14(8-15)19-2/h3-8,18H,10H2,1-2H3. The van der Waals surface area contributed by atoms with Gasteiger partial charge in [0.15, 0.2) is 0 Å². The number of aryl methyl sites for hydroxylation is 1. The summed E-state index contributed by atoms with van der Waals surface area (Å²) in [5.74, 6) is 1.80. The summed E-state index contributed by atoms with van der Waals surface area (Å²) in [7, 11) is 1.54. The van der Waals surface area contributed by atoms with Gasteiger partial charge in [0.1, 0.15) is 17.2 Å². The van der Waals surface area contributed by atoms with Crippen LogP contribution in [0.15, 0.2) is 36.4 Å². The molecule has 0 aromatic heterocycles. The summed E-state index contributed by atoms with van der Waals surface area (Å²) in [5.41, 5.74) is 2.22. The van der Waals surface area contributed by atoms with Crippen LogP contribution in [0.3, 0.4) is 0 Å². The highest BCUT2D eigenvalue weighted by Crippen LogP contribution is 2.29. The molecule has 0 aliphatic heterocycles. The molecule has 0 heterocycles. The van der Waals surface area contributed by atoms with Crippen LogP contribution in [0, 0.1) is 18.3 Å². The van der Waals surface area contributed by atoms with Crippen molar-refractivity contribution < 1.29 is 14.6 Å². The maximum absolute atomic E-state index is 9.09. The first-order valence-corrected chi connectivity index (χ1v) is 6.13. The number of nitriles is 1. The van der Waals surface area contributed by atoms with Crippen LogP contribution in [0.2, 0.25) is 0 Å². The minimum Gasteiger partial charge on any atom is -0.497 e. The molecule has 1 N–H and O–H groups in total. The Hall–Kier alpha value is -2.51. The van der Waals surface area contributed by atoms with Gasteiger partial charge in [0.2, 0.25) is 0 Å². The van der Waals surface area contributed by atoms with E-state index < -0.39 is 0 Å². The van der Waals surface area contributed by atoms with Crippen LogP contribution < -0.4 is 9.47 Å². The average molecular weight is 269 g/mol.